The Morgan fingerprint density at radius 2 is 1.70 bits per heavy atom. The second-order valence-corrected chi connectivity index (χ2v) is 7.21. The number of carbonyl (C=O) groups is 1. The van der Waals surface area contributed by atoms with E-state index in [1.807, 2.05) is 0 Å². The lowest BCUT2D eigenvalue weighted by atomic mass is 10.3. The van der Waals surface area contributed by atoms with Gasteiger partial charge in [-0.05, 0) is 24.3 Å². The molecule has 0 radical (unpaired) electrons. The van der Waals surface area contributed by atoms with Gasteiger partial charge in [0.15, 0.2) is 11.5 Å². The van der Waals surface area contributed by atoms with Crippen LogP contribution >= 0.6 is 0 Å². The van der Waals surface area contributed by atoms with Crippen LogP contribution in [0.2, 0.25) is 0 Å². The molecular formula is C18H22N2O6S. The lowest BCUT2D eigenvalue weighted by Gasteiger charge is -2.11. The van der Waals surface area contributed by atoms with E-state index in [2.05, 4.69) is 10.0 Å². The van der Waals surface area contributed by atoms with Crippen molar-refractivity contribution in [1.29, 1.82) is 0 Å². The molecule has 0 heterocycles. The van der Waals surface area contributed by atoms with Crippen LogP contribution in [-0.2, 0) is 14.8 Å². The molecule has 0 atom stereocenters. The van der Waals surface area contributed by atoms with E-state index in [-0.39, 0.29) is 23.8 Å². The number of nitrogens with one attached hydrogen (secondary N) is 2. The Morgan fingerprint density at radius 1 is 0.963 bits per heavy atom. The van der Waals surface area contributed by atoms with Crippen LogP contribution in [0.1, 0.15) is 6.42 Å². The van der Waals surface area contributed by atoms with Crippen molar-refractivity contribution >= 4 is 21.6 Å². The Kier molecular flexibility index (Phi) is 7.03. The fourth-order valence-corrected chi connectivity index (χ4v) is 3.34. The molecule has 2 aromatic rings. The van der Waals surface area contributed by atoms with E-state index >= 15 is 0 Å². The number of rotatable bonds is 9. The summed E-state index contributed by atoms with van der Waals surface area (Å²) in [6, 6.07) is 11.2. The minimum atomic E-state index is -3.78. The largest absolute Gasteiger partial charge is 0.497 e. The van der Waals surface area contributed by atoms with Gasteiger partial charge in [-0.15, -0.1) is 0 Å². The van der Waals surface area contributed by atoms with Gasteiger partial charge in [-0.1, -0.05) is 6.07 Å². The highest BCUT2D eigenvalue weighted by Crippen LogP contribution is 2.29. The van der Waals surface area contributed by atoms with Gasteiger partial charge in [-0.2, -0.15) is 0 Å². The van der Waals surface area contributed by atoms with Crippen molar-refractivity contribution in [2.45, 2.75) is 11.3 Å². The average molecular weight is 394 g/mol. The van der Waals surface area contributed by atoms with E-state index in [0.717, 1.165) is 0 Å². The van der Waals surface area contributed by atoms with E-state index in [1.54, 1.807) is 24.3 Å². The van der Waals surface area contributed by atoms with Crippen LogP contribution in [0.25, 0.3) is 0 Å². The van der Waals surface area contributed by atoms with Crippen molar-refractivity contribution < 1.29 is 27.4 Å². The second-order valence-electron chi connectivity index (χ2n) is 5.44. The van der Waals surface area contributed by atoms with Crippen molar-refractivity contribution in [1.82, 2.24) is 4.72 Å². The molecule has 0 bridgehead atoms. The first kappa shape index (κ1) is 20.5. The molecule has 9 heteroatoms. The molecule has 0 saturated heterocycles. The molecule has 0 aliphatic rings. The maximum atomic E-state index is 12.4. The van der Waals surface area contributed by atoms with E-state index in [4.69, 9.17) is 14.2 Å². The molecule has 27 heavy (non-hydrogen) atoms. The number of ether oxygens (including phenoxy) is 3. The lowest BCUT2D eigenvalue weighted by Crippen LogP contribution is -2.27. The predicted molar refractivity (Wildman–Crippen MR) is 101 cm³/mol. The number of hydrogen-bond donors (Lipinski definition) is 2. The average Bonchev–Trinajstić information content (AvgIpc) is 2.67. The summed E-state index contributed by atoms with van der Waals surface area (Å²) in [4.78, 5) is 12.0. The monoisotopic (exact) mass is 394 g/mol. The molecule has 0 aliphatic carbocycles. The molecule has 2 aromatic carbocycles. The van der Waals surface area contributed by atoms with E-state index in [0.29, 0.717) is 22.9 Å². The van der Waals surface area contributed by atoms with E-state index in [9.17, 15) is 13.2 Å². The molecule has 0 saturated carbocycles. The molecular weight excluding hydrogens is 372 g/mol. The third-order valence-corrected chi connectivity index (χ3v) is 5.12. The molecule has 146 valence electrons. The summed E-state index contributed by atoms with van der Waals surface area (Å²) in [6.45, 7) is -0.0491. The van der Waals surface area contributed by atoms with Crippen LogP contribution in [0.3, 0.4) is 0 Å². The van der Waals surface area contributed by atoms with Gasteiger partial charge in [0.05, 0.1) is 26.2 Å². The van der Waals surface area contributed by atoms with Crippen LogP contribution in [0.4, 0.5) is 5.69 Å². The highest BCUT2D eigenvalue weighted by atomic mass is 32.2. The summed E-state index contributed by atoms with van der Waals surface area (Å²) in [5.41, 5.74) is 0.571. The molecule has 8 nitrogen and oxygen atoms in total. The summed E-state index contributed by atoms with van der Waals surface area (Å²) in [7, 11) is 0.634. The van der Waals surface area contributed by atoms with Crippen molar-refractivity contribution in [3.05, 3.63) is 42.5 Å². The summed E-state index contributed by atoms with van der Waals surface area (Å²) in [6.07, 6.45) is -0.0241. The van der Waals surface area contributed by atoms with Crippen LogP contribution in [-0.4, -0.2) is 42.2 Å². The van der Waals surface area contributed by atoms with Gasteiger partial charge in [0.2, 0.25) is 15.9 Å². The maximum absolute atomic E-state index is 12.4. The highest BCUT2D eigenvalue weighted by Gasteiger charge is 2.17. The van der Waals surface area contributed by atoms with Gasteiger partial charge < -0.3 is 19.5 Å². The zero-order valence-corrected chi connectivity index (χ0v) is 16.1. The summed E-state index contributed by atoms with van der Waals surface area (Å²) in [5.74, 6) is 1.02. The van der Waals surface area contributed by atoms with Crippen molar-refractivity contribution in [3.63, 3.8) is 0 Å². The molecule has 0 fully saturated rings. The van der Waals surface area contributed by atoms with E-state index < -0.39 is 10.0 Å². The van der Waals surface area contributed by atoms with Crippen molar-refractivity contribution in [3.8, 4) is 17.2 Å². The Balaban J connectivity index is 1.94. The minimum Gasteiger partial charge on any atom is -0.497 e. The van der Waals surface area contributed by atoms with Crippen molar-refractivity contribution in [2.24, 2.45) is 0 Å². The first-order valence-corrected chi connectivity index (χ1v) is 9.53. The van der Waals surface area contributed by atoms with Gasteiger partial charge >= 0.3 is 0 Å². The minimum absolute atomic E-state index is 0.0216. The van der Waals surface area contributed by atoms with Crippen LogP contribution in [0.5, 0.6) is 17.2 Å². The Morgan fingerprint density at radius 3 is 2.37 bits per heavy atom. The number of sulfonamides is 1. The Labute approximate surface area is 158 Å². The third-order valence-electron chi connectivity index (χ3n) is 3.66. The molecule has 1 amide bonds. The van der Waals surface area contributed by atoms with Gasteiger partial charge in [-0.25, -0.2) is 13.1 Å². The second kappa shape index (κ2) is 9.24. The van der Waals surface area contributed by atoms with Gasteiger partial charge in [0.1, 0.15) is 5.75 Å². The zero-order chi connectivity index (χ0) is 19.9. The molecule has 2 rings (SSSR count). The van der Waals surface area contributed by atoms with Crippen molar-refractivity contribution in [2.75, 3.05) is 33.2 Å². The topological polar surface area (TPSA) is 103 Å². The first-order valence-electron chi connectivity index (χ1n) is 8.05. The number of carbonyl (C=O) groups excluding carboxylic acids is 1. The SMILES string of the molecule is COc1cccc(NC(=O)CCNS(=O)(=O)c2ccc(OC)c(OC)c2)c1. The predicted octanol–water partition coefficient (Wildman–Crippen LogP) is 2.02. The fraction of sp³-hybridized carbons (Fsp3) is 0.278. The van der Waals surface area contributed by atoms with Gasteiger partial charge in [0, 0.05) is 30.8 Å². The highest BCUT2D eigenvalue weighted by molar-refractivity contribution is 7.89. The summed E-state index contributed by atoms with van der Waals surface area (Å²) in [5, 5.41) is 2.69. The first-order chi connectivity index (χ1) is 12.9. The molecule has 2 N–H and O–H groups in total. The Bertz CT molecular complexity index is 898. The number of hydrogen-bond acceptors (Lipinski definition) is 6. The third kappa shape index (κ3) is 5.60. The summed E-state index contributed by atoms with van der Waals surface area (Å²) < 4.78 is 42.4. The number of amides is 1. The molecule has 0 aromatic heterocycles. The normalized spacial score (nSPS) is 10.9. The number of anilines is 1. The summed E-state index contributed by atoms with van der Waals surface area (Å²) >= 11 is 0. The lowest BCUT2D eigenvalue weighted by molar-refractivity contribution is -0.116. The van der Waals surface area contributed by atoms with Gasteiger partial charge in [0.25, 0.3) is 0 Å². The van der Waals surface area contributed by atoms with Gasteiger partial charge in [-0.3, -0.25) is 4.79 Å². The van der Waals surface area contributed by atoms with E-state index in [1.165, 1.54) is 39.5 Å². The maximum Gasteiger partial charge on any atom is 0.240 e. The number of methoxy groups -OCH3 is 3. The van der Waals surface area contributed by atoms with Crippen LogP contribution < -0.4 is 24.2 Å². The molecule has 0 aliphatic heterocycles. The molecule has 0 spiro atoms. The van der Waals surface area contributed by atoms with Crippen LogP contribution in [0, 0.1) is 0 Å². The molecule has 0 unspecified atom stereocenters. The quantitative estimate of drug-likeness (QED) is 0.675. The zero-order valence-electron chi connectivity index (χ0n) is 15.3. The van der Waals surface area contributed by atoms with Crippen LogP contribution in [0.15, 0.2) is 47.4 Å². The fourth-order valence-electron chi connectivity index (χ4n) is 2.29. The smallest absolute Gasteiger partial charge is 0.240 e. The standard InChI is InChI=1S/C18H22N2O6S/c1-24-14-6-4-5-13(11-14)20-18(21)9-10-19-27(22,23)15-7-8-16(25-2)17(12-15)26-3/h4-8,11-12,19H,9-10H2,1-3H3,(H,20,21). The Hall–Kier alpha value is -2.78. The number of benzene rings is 2.